The van der Waals surface area contributed by atoms with E-state index in [-0.39, 0.29) is 11.7 Å². The molecular formula is C18H20FN3O. The molecule has 0 aromatic heterocycles. The molecule has 0 spiro atoms. The van der Waals surface area contributed by atoms with Crippen LogP contribution in [0.3, 0.4) is 0 Å². The van der Waals surface area contributed by atoms with E-state index < -0.39 is 0 Å². The van der Waals surface area contributed by atoms with Gasteiger partial charge in [-0.25, -0.2) is 4.39 Å². The van der Waals surface area contributed by atoms with E-state index in [1.54, 1.807) is 12.1 Å². The molecule has 4 nitrogen and oxygen atoms in total. The van der Waals surface area contributed by atoms with Gasteiger partial charge in [-0.2, -0.15) is 0 Å². The van der Waals surface area contributed by atoms with Crippen molar-refractivity contribution in [3.05, 3.63) is 59.9 Å². The van der Waals surface area contributed by atoms with Crippen LogP contribution >= 0.6 is 0 Å². The second kappa shape index (κ2) is 6.69. The van der Waals surface area contributed by atoms with Crippen LogP contribution in [0.25, 0.3) is 0 Å². The molecule has 0 radical (unpaired) electrons. The van der Waals surface area contributed by atoms with Crippen LogP contribution in [0.1, 0.15) is 5.56 Å². The van der Waals surface area contributed by atoms with Crippen LogP contribution in [0, 0.1) is 5.82 Å². The van der Waals surface area contributed by atoms with Crippen LogP contribution in [0.5, 0.6) is 0 Å². The number of hydrogen-bond acceptors (Lipinski definition) is 3. The maximum atomic E-state index is 13.0. The van der Waals surface area contributed by atoms with Gasteiger partial charge in [0.2, 0.25) is 5.91 Å². The number of benzene rings is 2. The van der Waals surface area contributed by atoms with Gasteiger partial charge in [-0.05, 0) is 42.0 Å². The first-order chi connectivity index (χ1) is 11.1. The second-order valence-corrected chi connectivity index (χ2v) is 5.76. The summed E-state index contributed by atoms with van der Waals surface area (Å²) >= 11 is 0. The highest BCUT2D eigenvalue weighted by Gasteiger charge is 2.21. The molecule has 23 heavy (non-hydrogen) atoms. The number of hydrogen-bond donors (Lipinski definition) is 1. The highest BCUT2D eigenvalue weighted by molar-refractivity contribution is 5.79. The van der Waals surface area contributed by atoms with E-state index in [2.05, 4.69) is 4.90 Å². The van der Waals surface area contributed by atoms with Crippen LogP contribution in [-0.2, 0) is 11.2 Å². The molecular weight excluding hydrogens is 293 g/mol. The molecule has 1 aliphatic rings. The average Bonchev–Trinajstić information content (AvgIpc) is 2.58. The number of nitrogens with zero attached hydrogens (tertiary/aromatic N) is 2. The topological polar surface area (TPSA) is 49.6 Å². The Kier molecular flexibility index (Phi) is 4.46. The molecule has 0 atom stereocenters. The van der Waals surface area contributed by atoms with Gasteiger partial charge in [-0.15, -0.1) is 0 Å². The second-order valence-electron chi connectivity index (χ2n) is 5.76. The molecule has 2 aromatic rings. The molecule has 1 fully saturated rings. The minimum atomic E-state index is -0.230. The Morgan fingerprint density at radius 3 is 2.17 bits per heavy atom. The van der Waals surface area contributed by atoms with Gasteiger partial charge in [0, 0.05) is 37.6 Å². The summed E-state index contributed by atoms with van der Waals surface area (Å²) in [6.45, 7) is 2.90. The lowest BCUT2D eigenvalue weighted by Crippen LogP contribution is -2.49. The van der Waals surface area contributed by atoms with Gasteiger partial charge in [0.05, 0.1) is 6.42 Å². The van der Waals surface area contributed by atoms with E-state index in [1.807, 2.05) is 29.2 Å². The fourth-order valence-corrected chi connectivity index (χ4v) is 2.79. The summed E-state index contributed by atoms with van der Waals surface area (Å²) < 4.78 is 13.0. The number of amides is 1. The van der Waals surface area contributed by atoms with Gasteiger partial charge in [0.15, 0.2) is 0 Å². The number of anilines is 2. The lowest BCUT2D eigenvalue weighted by atomic mass is 10.1. The third kappa shape index (κ3) is 3.80. The zero-order chi connectivity index (χ0) is 16.2. The first-order valence-corrected chi connectivity index (χ1v) is 7.74. The number of halogens is 1. The third-order valence-corrected chi connectivity index (χ3v) is 4.16. The van der Waals surface area contributed by atoms with Crippen LogP contribution < -0.4 is 10.6 Å². The Bertz CT molecular complexity index is 662. The van der Waals surface area contributed by atoms with Gasteiger partial charge in [0.1, 0.15) is 5.82 Å². The van der Waals surface area contributed by atoms with E-state index in [9.17, 15) is 9.18 Å². The smallest absolute Gasteiger partial charge is 0.227 e. The van der Waals surface area contributed by atoms with Gasteiger partial charge in [-0.1, -0.05) is 12.1 Å². The molecule has 3 rings (SSSR count). The SMILES string of the molecule is Nc1ccc(CC(=O)N2CCN(c3ccc(F)cc3)CC2)cc1. The summed E-state index contributed by atoms with van der Waals surface area (Å²) in [6.07, 6.45) is 0.400. The Morgan fingerprint density at radius 1 is 0.957 bits per heavy atom. The standard InChI is InChI=1S/C18H20FN3O/c19-15-3-7-17(8-4-15)21-9-11-22(12-10-21)18(23)13-14-1-5-16(20)6-2-14/h1-8H,9-13,20H2. The highest BCUT2D eigenvalue weighted by Crippen LogP contribution is 2.17. The minimum absolute atomic E-state index is 0.133. The first-order valence-electron chi connectivity index (χ1n) is 7.74. The van der Waals surface area contributed by atoms with Crippen LogP contribution in [-0.4, -0.2) is 37.0 Å². The Morgan fingerprint density at radius 2 is 1.57 bits per heavy atom. The molecule has 1 aliphatic heterocycles. The van der Waals surface area contributed by atoms with E-state index in [0.717, 1.165) is 24.3 Å². The van der Waals surface area contributed by atoms with Crippen molar-refractivity contribution >= 4 is 17.3 Å². The Balaban J connectivity index is 1.54. The van der Waals surface area contributed by atoms with Crippen molar-refractivity contribution in [3.8, 4) is 0 Å². The molecule has 1 heterocycles. The van der Waals surface area contributed by atoms with E-state index >= 15 is 0 Å². The van der Waals surface area contributed by atoms with Crippen molar-refractivity contribution in [2.24, 2.45) is 0 Å². The highest BCUT2D eigenvalue weighted by atomic mass is 19.1. The van der Waals surface area contributed by atoms with Gasteiger partial charge in [0.25, 0.3) is 0 Å². The van der Waals surface area contributed by atoms with E-state index in [1.165, 1.54) is 12.1 Å². The summed E-state index contributed by atoms with van der Waals surface area (Å²) in [5.41, 5.74) is 8.33. The number of piperazine rings is 1. The number of rotatable bonds is 3. The van der Waals surface area contributed by atoms with Crippen LogP contribution in [0.15, 0.2) is 48.5 Å². The largest absolute Gasteiger partial charge is 0.399 e. The average molecular weight is 313 g/mol. The fraction of sp³-hybridized carbons (Fsp3) is 0.278. The number of carbonyl (C=O) groups excluding carboxylic acids is 1. The number of nitrogen functional groups attached to an aromatic ring is 1. The van der Waals surface area contributed by atoms with Crippen LogP contribution in [0.2, 0.25) is 0 Å². The maximum absolute atomic E-state index is 13.0. The zero-order valence-electron chi connectivity index (χ0n) is 12.9. The van der Waals surface area contributed by atoms with Crippen molar-refractivity contribution in [2.75, 3.05) is 36.8 Å². The van der Waals surface area contributed by atoms with Crippen LogP contribution in [0.4, 0.5) is 15.8 Å². The van der Waals surface area contributed by atoms with E-state index in [4.69, 9.17) is 5.73 Å². The number of carbonyl (C=O) groups is 1. The van der Waals surface area contributed by atoms with Crippen molar-refractivity contribution in [3.63, 3.8) is 0 Å². The van der Waals surface area contributed by atoms with Crippen molar-refractivity contribution in [1.29, 1.82) is 0 Å². The Labute approximate surface area is 135 Å². The maximum Gasteiger partial charge on any atom is 0.227 e. The van der Waals surface area contributed by atoms with Crippen molar-refractivity contribution in [1.82, 2.24) is 4.90 Å². The zero-order valence-corrected chi connectivity index (χ0v) is 12.9. The molecule has 0 bridgehead atoms. The molecule has 120 valence electrons. The molecule has 1 amide bonds. The molecule has 2 aromatic carbocycles. The predicted octanol–water partition coefficient (Wildman–Crippen LogP) is 2.30. The van der Waals surface area contributed by atoms with Gasteiger partial charge >= 0.3 is 0 Å². The molecule has 0 aliphatic carbocycles. The summed E-state index contributed by atoms with van der Waals surface area (Å²) in [7, 11) is 0. The predicted molar refractivity (Wildman–Crippen MR) is 89.8 cm³/mol. The fourth-order valence-electron chi connectivity index (χ4n) is 2.79. The van der Waals surface area contributed by atoms with Gasteiger partial charge < -0.3 is 15.5 Å². The van der Waals surface area contributed by atoms with E-state index in [0.29, 0.717) is 25.2 Å². The summed E-state index contributed by atoms with van der Waals surface area (Å²) in [5, 5.41) is 0. The molecule has 0 saturated carbocycles. The summed E-state index contributed by atoms with van der Waals surface area (Å²) in [5.74, 6) is -0.0976. The molecule has 0 unspecified atom stereocenters. The Hall–Kier alpha value is -2.56. The third-order valence-electron chi connectivity index (χ3n) is 4.16. The molecule has 1 saturated heterocycles. The van der Waals surface area contributed by atoms with Crippen molar-refractivity contribution in [2.45, 2.75) is 6.42 Å². The normalized spacial score (nSPS) is 14.8. The molecule has 2 N–H and O–H groups in total. The lowest BCUT2D eigenvalue weighted by Gasteiger charge is -2.36. The van der Waals surface area contributed by atoms with Gasteiger partial charge in [-0.3, -0.25) is 4.79 Å². The monoisotopic (exact) mass is 313 g/mol. The summed E-state index contributed by atoms with van der Waals surface area (Å²) in [4.78, 5) is 16.4. The molecule has 5 heteroatoms. The summed E-state index contributed by atoms with van der Waals surface area (Å²) in [6, 6.07) is 13.9. The minimum Gasteiger partial charge on any atom is -0.399 e. The lowest BCUT2D eigenvalue weighted by molar-refractivity contribution is -0.130. The quantitative estimate of drug-likeness (QED) is 0.885. The number of nitrogens with two attached hydrogens (primary N) is 1. The first kappa shape index (κ1) is 15.3. The van der Waals surface area contributed by atoms with Crippen molar-refractivity contribution < 1.29 is 9.18 Å².